The molecular formula is C11H10F2N2O. The maximum atomic E-state index is 13.1. The number of nitrogens with zero attached hydrogens (tertiary/aromatic N) is 1. The highest BCUT2D eigenvalue weighted by atomic mass is 19.3. The molecule has 0 spiro atoms. The molecule has 0 atom stereocenters. The van der Waals surface area contributed by atoms with Gasteiger partial charge in [0.25, 0.3) is 5.89 Å². The number of aromatic nitrogens is 1. The summed E-state index contributed by atoms with van der Waals surface area (Å²) in [5, 5.41) is 0. The van der Waals surface area contributed by atoms with Crippen LogP contribution in [0.15, 0.2) is 40.9 Å². The molecule has 0 amide bonds. The van der Waals surface area contributed by atoms with Gasteiger partial charge in [0.15, 0.2) is 5.76 Å². The van der Waals surface area contributed by atoms with E-state index in [9.17, 15) is 8.78 Å². The summed E-state index contributed by atoms with van der Waals surface area (Å²) in [5.74, 6) is -3.55. The first-order valence-electron chi connectivity index (χ1n) is 4.73. The van der Waals surface area contributed by atoms with E-state index in [4.69, 9.17) is 10.2 Å². The Balaban J connectivity index is 2.34. The van der Waals surface area contributed by atoms with Crippen molar-refractivity contribution in [2.45, 2.75) is 5.92 Å². The van der Waals surface area contributed by atoms with Crippen molar-refractivity contribution in [1.29, 1.82) is 0 Å². The molecule has 2 rings (SSSR count). The van der Waals surface area contributed by atoms with E-state index in [0.717, 1.165) is 0 Å². The number of halogens is 2. The molecule has 1 aromatic carbocycles. The molecule has 0 saturated heterocycles. The second-order valence-electron chi connectivity index (χ2n) is 3.30. The van der Waals surface area contributed by atoms with E-state index in [1.165, 1.54) is 6.20 Å². The summed E-state index contributed by atoms with van der Waals surface area (Å²) in [5.41, 5.74) is 5.64. The Hall–Kier alpha value is -1.75. The van der Waals surface area contributed by atoms with Crippen LogP contribution in [0.4, 0.5) is 8.78 Å². The molecule has 0 aliphatic rings. The van der Waals surface area contributed by atoms with Crippen LogP contribution in [0, 0.1) is 0 Å². The molecule has 0 aliphatic carbocycles. The van der Waals surface area contributed by atoms with Crippen LogP contribution in [0.25, 0.3) is 11.3 Å². The van der Waals surface area contributed by atoms with Crippen molar-refractivity contribution in [2.24, 2.45) is 5.73 Å². The normalized spacial score (nSPS) is 11.7. The molecule has 3 nitrogen and oxygen atoms in total. The number of rotatable bonds is 3. The number of alkyl halides is 2. The highest BCUT2D eigenvalue weighted by Gasteiger charge is 2.35. The topological polar surface area (TPSA) is 52.0 Å². The molecule has 1 aromatic heterocycles. The Bertz CT molecular complexity index is 468. The minimum atomic E-state index is -3.22. The minimum Gasteiger partial charge on any atom is -0.435 e. The maximum Gasteiger partial charge on any atom is 0.334 e. The van der Waals surface area contributed by atoms with E-state index in [2.05, 4.69) is 4.98 Å². The van der Waals surface area contributed by atoms with E-state index in [0.29, 0.717) is 11.3 Å². The van der Waals surface area contributed by atoms with Crippen LogP contribution in [0.1, 0.15) is 5.89 Å². The number of hydrogen-bond donors (Lipinski definition) is 1. The Kier molecular flexibility index (Phi) is 2.70. The van der Waals surface area contributed by atoms with Crippen molar-refractivity contribution >= 4 is 0 Å². The van der Waals surface area contributed by atoms with Gasteiger partial charge in [0.05, 0.1) is 12.7 Å². The molecule has 5 heteroatoms. The Morgan fingerprint density at radius 2 is 1.94 bits per heavy atom. The van der Waals surface area contributed by atoms with Crippen molar-refractivity contribution in [3.05, 3.63) is 42.4 Å². The third-order valence-corrected chi connectivity index (χ3v) is 2.13. The van der Waals surface area contributed by atoms with Crippen molar-refractivity contribution in [3.8, 4) is 11.3 Å². The van der Waals surface area contributed by atoms with Gasteiger partial charge in [-0.25, -0.2) is 4.98 Å². The number of nitrogens with two attached hydrogens (primary N) is 1. The summed E-state index contributed by atoms with van der Waals surface area (Å²) in [6, 6.07) is 8.92. The van der Waals surface area contributed by atoms with E-state index in [1.807, 2.05) is 6.07 Å². The second kappa shape index (κ2) is 4.02. The summed E-state index contributed by atoms with van der Waals surface area (Å²) in [6.07, 6.45) is 1.27. The monoisotopic (exact) mass is 224 g/mol. The van der Waals surface area contributed by atoms with E-state index in [1.54, 1.807) is 24.3 Å². The largest absolute Gasteiger partial charge is 0.435 e. The van der Waals surface area contributed by atoms with E-state index in [-0.39, 0.29) is 0 Å². The zero-order chi connectivity index (χ0) is 11.6. The predicted molar refractivity (Wildman–Crippen MR) is 54.9 cm³/mol. The third kappa shape index (κ3) is 1.94. The van der Waals surface area contributed by atoms with Gasteiger partial charge in [0.2, 0.25) is 0 Å². The molecule has 16 heavy (non-hydrogen) atoms. The minimum absolute atomic E-state index is 0.309. The Labute approximate surface area is 90.9 Å². The van der Waals surface area contributed by atoms with Gasteiger partial charge in [-0.3, -0.25) is 0 Å². The molecule has 84 valence electrons. The quantitative estimate of drug-likeness (QED) is 0.870. The predicted octanol–water partition coefficient (Wildman–Crippen LogP) is 2.39. The summed E-state index contributed by atoms with van der Waals surface area (Å²) < 4.78 is 31.3. The second-order valence-corrected chi connectivity index (χ2v) is 3.30. The van der Waals surface area contributed by atoms with Crippen LogP contribution >= 0.6 is 0 Å². The van der Waals surface area contributed by atoms with E-state index >= 15 is 0 Å². The zero-order valence-electron chi connectivity index (χ0n) is 8.36. The summed E-state index contributed by atoms with van der Waals surface area (Å²) >= 11 is 0. The molecule has 2 aromatic rings. The fraction of sp³-hybridized carbons (Fsp3) is 0.182. The lowest BCUT2D eigenvalue weighted by atomic mass is 10.2. The molecule has 0 aliphatic heterocycles. The van der Waals surface area contributed by atoms with Gasteiger partial charge in [-0.2, -0.15) is 8.78 Å². The Morgan fingerprint density at radius 3 is 2.56 bits per heavy atom. The first kappa shape index (κ1) is 10.8. The van der Waals surface area contributed by atoms with Gasteiger partial charge < -0.3 is 10.2 Å². The fourth-order valence-corrected chi connectivity index (χ4v) is 1.27. The lowest BCUT2D eigenvalue weighted by Gasteiger charge is -2.07. The molecule has 0 unspecified atom stereocenters. The molecule has 1 heterocycles. The summed E-state index contributed by atoms with van der Waals surface area (Å²) in [6.45, 7) is -0.818. The standard InChI is InChI=1S/C11H10F2N2O/c12-11(13,7-14)10-15-6-9(16-10)8-4-2-1-3-5-8/h1-6H,7,14H2. The van der Waals surface area contributed by atoms with Gasteiger partial charge >= 0.3 is 5.92 Å². The highest BCUT2D eigenvalue weighted by molar-refractivity contribution is 5.55. The van der Waals surface area contributed by atoms with Crippen molar-refractivity contribution in [1.82, 2.24) is 4.98 Å². The smallest absolute Gasteiger partial charge is 0.334 e. The van der Waals surface area contributed by atoms with Crippen molar-refractivity contribution < 1.29 is 13.2 Å². The first-order valence-corrected chi connectivity index (χ1v) is 4.73. The van der Waals surface area contributed by atoms with Crippen LogP contribution in [0.3, 0.4) is 0 Å². The van der Waals surface area contributed by atoms with Crippen LogP contribution < -0.4 is 5.73 Å². The molecular weight excluding hydrogens is 214 g/mol. The van der Waals surface area contributed by atoms with Gasteiger partial charge in [0.1, 0.15) is 0 Å². The summed E-state index contributed by atoms with van der Waals surface area (Å²) in [7, 11) is 0. The van der Waals surface area contributed by atoms with Gasteiger partial charge in [-0.15, -0.1) is 0 Å². The SMILES string of the molecule is NCC(F)(F)c1ncc(-c2ccccc2)o1. The van der Waals surface area contributed by atoms with Crippen LogP contribution in [-0.2, 0) is 5.92 Å². The average Bonchev–Trinajstić information content (AvgIpc) is 2.80. The number of hydrogen-bond acceptors (Lipinski definition) is 3. The lowest BCUT2D eigenvalue weighted by Crippen LogP contribution is -2.25. The highest BCUT2D eigenvalue weighted by Crippen LogP contribution is 2.29. The molecule has 0 fully saturated rings. The first-order chi connectivity index (χ1) is 7.63. The maximum absolute atomic E-state index is 13.1. The molecule has 0 saturated carbocycles. The number of oxazole rings is 1. The number of benzene rings is 1. The van der Waals surface area contributed by atoms with Crippen LogP contribution in [0.2, 0.25) is 0 Å². The molecule has 2 N–H and O–H groups in total. The lowest BCUT2D eigenvalue weighted by molar-refractivity contribution is -0.0208. The summed E-state index contributed by atoms with van der Waals surface area (Å²) in [4.78, 5) is 3.54. The van der Waals surface area contributed by atoms with Crippen molar-refractivity contribution in [3.63, 3.8) is 0 Å². The molecule has 0 bridgehead atoms. The van der Waals surface area contributed by atoms with Gasteiger partial charge in [-0.05, 0) is 0 Å². The molecule has 0 radical (unpaired) electrons. The van der Waals surface area contributed by atoms with Gasteiger partial charge in [-0.1, -0.05) is 30.3 Å². The van der Waals surface area contributed by atoms with E-state index < -0.39 is 18.4 Å². The fourth-order valence-electron chi connectivity index (χ4n) is 1.27. The Morgan fingerprint density at radius 1 is 1.25 bits per heavy atom. The van der Waals surface area contributed by atoms with Crippen molar-refractivity contribution in [2.75, 3.05) is 6.54 Å². The van der Waals surface area contributed by atoms with Crippen LogP contribution in [0.5, 0.6) is 0 Å². The third-order valence-electron chi connectivity index (χ3n) is 2.13. The average molecular weight is 224 g/mol. The van der Waals surface area contributed by atoms with Gasteiger partial charge in [0, 0.05) is 5.56 Å². The van der Waals surface area contributed by atoms with Crippen LogP contribution in [-0.4, -0.2) is 11.5 Å². The zero-order valence-corrected chi connectivity index (χ0v) is 8.36.